The van der Waals surface area contributed by atoms with E-state index in [0.717, 1.165) is 11.8 Å². The zero-order chi connectivity index (χ0) is 13.8. The van der Waals surface area contributed by atoms with Crippen molar-refractivity contribution in [1.29, 1.82) is 0 Å². The Labute approximate surface area is 98.6 Å². The predicted octanol–water partition coefficient (Wildman–Crippen LogP) is 3.51. The monoisotopic (exact) mass is 262 g/mol. The molecular weight excluding hydrogens is 258 g/mol. The summed E-state index contributed by atoms with van der Waals surface area (Å²) >= 11 is 0. The van der Waals surface area contributed by atoms with Crippen LogP contribution in [-0.4, -0.2) is 12.4 Å². The van der Waals surface area contributed by atoms with Crippen LogP contribution in [0, 0.1) is 23.7 Å². The van der Waals surface area contributed by atoms with Gasteiger partial charge in [0, 0.05) is 23.0 Å². The lowest BCUT2D eigenvalue weighted by Crippen LogP contribution is -2.02. The van der Waals surface area contributed by atoms with Gasteiger partial charge in [0.2, 0.25) is 0 Å². The highest BCUT2D eigenvalue weighted by atomic mass is 19.4. The molecule has 0 N–H and O–H groups in total. The maximum absolute atomic E-state index is 11.9. The highest BCUT2D eigenvalue weighted by Gasteiger charge is 2.24. The minimum absolute atomic E-state index is 0.202. The van der Waals surface area contributed by atoms with Crippen molar-refractivity contribution in [3.05, 3.63) is 35.4 Å². The summed E-state index contributed by atoms with van der Waals surface area (Å²) in [5, 5.41) is 0. The standard InChI is InChI=1S/C12H4F6/c13-11(14,15)7-5-9-3-1-2-4-10(9)6-8-12(16,17)18/h1-4H. The van der Waals surface area contributed by atoms with Crippen LogP contribution in [0.2, 0.25) is 0 Å². The Morgan fingerprint density at radius 3 is 1.28 bits per heavy atom. The molecule has 0 spiro atoms. The van der Waals surface area contributed by atoms with Crippen LogP contribution in [0.15, 0.2) is 24.3 Å². The summed E-state index contributed by atoms with van der Waals surface area (Å²) in [5.41, 5.74) is -0.404. The lowest BCUT2D eigenvalue weighted by atomic mass is 10.1. The topological polar surface area (TPSA) is 0 Å². The van der Waals surface area contributed by atoms with Crippen molar-refractivity contribution in [3.63, 3.8) is 0 Å². The molecule has 0 saturated heterocycles. The maximum Gasteiger partial charge on any atom is 0.458 e. The summed E-state index contributed by atoms with van der Waals surface area (Å²) in [6, 6.07) is 5.05. The van der Waals surface area contributed by atoms with E-state index in [4.69, 9.17) is 0 Å². The van der Waals surface area contributed by atoms with Crippen molar-refractivity contribution >= 4 is 0 Å². The molecule has 0 heterocycles. The molecule has 1 aromatic rings. The van der Waals surface area contributed by atoms with Gasteiger partial charge in [-0.2, -0.15) is 26.3 Å². The average Bonchev–Trinajstić information content (AvgIpc) is 2.22. The van der Waals surface area contributed by atoms with Crippen LogP contribution in [0.5, 0.6) is 0 Å². The molecule has 1 aromatic carbocycles. The first-order chi connectivity index (χ1) is 8.17. The summed E-state index contributed by atoms with van der Waals surface area (Å²) < 4.78 is 71.2. The van der Waals surface area contributed by atoms with Crippen molar-refractivity contribution in [2.24, 2.45) is 0 Å². The molecule has 0 aliphatic rings. The molecule has 0 aliphatic heterocycles. The summed E-state index contributed by atoms with van der Waals surface area (Å²) in [7, 11) is 0. The fourth-order valence-corrected chi connectivity index (χ4v) is 0.978. The first kappa shape index (κ1) is 14.0. The Hall–Kier alpha value is -2.08. The number of hydrogen-bond acceptors (Lipinski definition) is 0. The van der Waals surface area contributed by atoms with E-state index in [1.807, 2.05) is 0 Å². The Kier molecular flexibility index (Phi) is 3.93. The van der Waals surface area contributed by atoms with E-state index in [-0.39, 0.29) is 11.1 Å². The van der Waals surface area contributed by atoms with Gasteiger partial charge in [0.25, 0.3) is 0 Å². The van der Waals surface area contributed by atoms with Gasteiger partial charge in [0.15, 0.2) is 0 Å². The molecule has 94 valence electrons. The summed E-state index contributed by atoms with van der Waals surface area (Å²) in [6.45, 7) is 0. The molecule has 1 rings (SSSR count). The Balaban J connectivity index is 3.14. The number of halogens is 6. The van der Waals surface area contributed by atoms with Crippen molar-refractivity contribution < 1.29 is 26.3 Å². The second-order valence-electron chi connectivity index (χ2n) is 3.04. The Bertz CT molecular complexity index is 491. The maximum atomic E-state index is 11.9. The number of hydrogen-bond donors (Lipinski definition) is 0. The van der Waals surface area contributed by atoms with Gasteiger partial charge in [0.1, 0.15) is 0 Å². The number of benzene rings is 1. The number of alkyl halides is 6. The molecule has 0 bridgehead atoms. The van der Waals surface area contributed by atoms with Crippen LogP contribution in [0.4, 0.5) is 26.3 Å². The predicted molar refractivity (Wildman–Crippen MR) is 52.3 cm³/mol. The lowest BCUT2D eigenvalue weighted by molar-refractivity contribution is -0.0706. The van der Waals surface area contributed by atoms with Crippen LogP contribution >= 0.6 is 0 Å². The summed E-state index contributed by atoms with van der Waals surface area (Å²) in [4.78, 5) is 0. The molecule has 0 nitrogen and oxygen atoms in total. The first-order valence-electron chi connectivity index (χ1n) is 4.46. The van der Waals surface area contributed by atoms with Gasteiger partial charge in [-0.15, -0.1) is 0 Å². The SMILES string of the molecule is FC(F)(F)C#Cc1ccccc1C#CC(F)(F)F. The van der Waals surface area contributed by atoms with Gasteiger partial charge in [0.05, 0.1) is 0 Å². The third-order valence-electron chi connectivity index (χ3n) is 1.60. The molecular formula is C12H4F6. The van der Waals surface area contributed by atoms with E-state index in [2.05, 4.69) is 0 Å². The highest BCUT2D eigenvalue weighted by molar-refractivity contribution is 5.50. The number of rotatable bonds is 0. The van der Waals surface area contributed by atoms with Gasteiger partial charge in [-0.25, -0.2) is 0 Å². The zero-order valence-corrected chi connectivity index (χ0v) is 8.58. The van der Waals surface area contributed by atoms with Crippen molar-refractivity contribution in [2.45, 2.75) is 12.4 Å². The quantitative estimate of drug-likeness (QED) is 0.495. The molecule has 0 amide bonds. The molecule has 6 heteroatoms. The van der Waals surface area contributed by atoms with E-state index in [1.54, 1.807) is 11.8 Å². The largest absolute Gasteiger partial charge is 0.458 e. The van der Waals surface area contributed by atoms with Crippen LogP contribution in [0.3, 0.4) is 0 Å². The summed E-state index contributed by atoms with van der Waals surface area (Å²) in [6.07, 6.45) is -9.41. The van der Waals surface area contributed by atoms with Crippen LogP contribution < -0.4 is 0 Å². The molecule has 0 radical (unpaired) electrons. The van der Waals surface area contributed by atoms with E-state index in [1.165, 1.54) is 24.3 Å². The molecule has 18 heavy (non-hydrogen) atoms. The zero-order valence-electron chi connectivity index (χ0n) is 8.58. The van der Waals surface area contributed by atoms with E-state index < -0.39 is 12.4 Å². The third kappa shape index (κ3) is 5.31. The van der Waals surface area contributed by atoms with Gasteiger partial charge < -0.3 is 0 Å². The van der Waals surface area contributed by atoms with Gasteiger partial charge in [-0.1, -0.05) is 24.0 Å². The molecule has 0 saturated carbocycles. The second-order valence-corrected chi connectivity index (χ2v) is 3.04. The third-order valence-corrected chi connectivity index (χ3v) is 1.60. The molecule has 0 unspecified atom stereocenters. The summed E-state index contributed by atoms with van der Waals surface area (Å²) in [5.74, 6) is 5.44. The van der Waals surface area contributed by atoms with Crippen LogP contribution in [-0.2, 0) is 0 Å². The van der Waals surface area contributed by atoms with Crippen molar-refractivity contribution in [3.8, 4) is 23.7 Å². The highest BCUT2D eigenvalue weighted by Crippen LogP contribution is 2.15. The van der Waals surface area contributed by atoms with Gasteiger partial charge in [-0.3, -0.25) is 0 Å². The molecule has 0 fully saturated rings. The van der Waals surface area contributed by atoms with E-state index in [0.29, 0.717) is 0 Å². The average molecular weight is 262 g/mol. The van der Waals surface area contributed by atoms with Crippen molar-refractivity contribution in [1.82, 2.24) is 0 Å². The fourth-order valence-electron chi connectivity index (χ4n) is 0.978. The normalized spacial score (nSPS) is 11.0. The Morgan fingerprint density at radius 1 is 0.667 bits per heavy atom. The lowest BCUT2D eigenvalue weighted by Gasteiger charge is -1.97. The smallest absolute Gasteiger partial charge is 0.159 e. The van der Waals surface area contributed by atoms with Gasteiger partial charge >= 0.3 is 12.4 Å². The first-order valence-corrected chi connectivity index (χ1v) is 4.46. The van der Waals surface area contributed by atoms with Crippen molar-refractivity contribution in [2.75, 3.05) is 0 Å². The second kappa shape index (κ2) is 5.05. The van der Waals surface area contributed by atoms with Crippen LogP contribution in [0.1, 0.15) is 11.1 Å². The molecule has 0 aliphatic carbocycles. The minimum Gasteiger partial charge on any atom is -0.159 e. The van der Waals surface area contributed by atoms with Crippen LogP contribution in [0.25, 0.3) is 0 Å². The Morgan fingerprint density at radius 2 is 1.00 bits per heavy atom. The van der Waals surface area contributed by atoms with Gasteiger partial charge in [-0.05, 0) is 12.1 Å². The van der Waals surface area contributed by atoms with E-state index >= 15 is 0 Å². The molecule has 0 aromatic heterocycles. The van der Waals surface area contributed by atoms with E-state index in [9.17, 15) is 26.3 Å². The minimum atomic E-state index is -4.70. The molecule has 0 atom stereocenters. The fraction of sp³-hybridized carbons (Fsp3) is 0.167.